The molecule has 2 aliphatic heterocycles. The topological polar surface area (TPSA) is 36.9 Å². The SMILES string of the molecule is CN=C(NCC1CCCOC1c1ccc(C)cc1)N1CCC(c2ccccc2)C1. The van der Waals surface area contributed by atoms with Crippen molar-refractivity contribution in [2.45, 2.75) is 38.2 Å². The number of aliphatic imine (C=N–C) groups is 1. The van der Waals surface area contributed by atoms with Crippen LogP contribution < -0.4 is 5.32 Å². The van der Waals surface area contributed by atoms with E-state index in [1.165, 1.54) is 29.5 Å². The Morgan fingerprint density at radius 2 is 1.86 bits per heavy atom. The highest BCUT2D eigenvalue weighted by molar-refractivity contribution is 5.80. The third kappa shape index (κ3) is 4.81. The van der Waals surface area contributed by atoms with E-state index in [4.69, 9.17) is 4.74 Å². The van der Waals surface area contributed by atoms with E-state index in [9.17, 15) is 0 Å². The smallest absolute Gasteiger partial charge is 0.193 e. The van der Waals surface area contributed by atoms with Crippen LogP contribution in [-0.4, -0.2) is 44.1 Å². The van der Waals surface area contributed by atoms with Crippen LogP contribution in [0.3, 0.4) is 0 Å². The van der Waals surface area contributed by atoms with E-state index in [1.807, 2.05) is 7.05 Å². The molecule has 2 saturated heterocycles. The molecule has 2 aromatic rings. The third-order valence-corrected chi connectivity index (χ3v) is 6.34. The Labute approximate surface area is 175 Å². The lowest BCUT2D eigenvalue weighted by Crippen LogP contribution is -2.43. The van der Waals surface area contributed by atoms with Gasteiger partial charge in [0.15, 0.2) is 5.96 Å². The number of nitrogens with zero attached hydrogens (tertiary/aromatic N) is 2. The van der Waals surface area contributed by atoms with Crippen molar-refractivity contribution in [2.24, 2.45) is 10.9 Å². The first kappa shape index (κ1) is 20.0. The molecule has 1 N–H and O–H groups in total. The van der Waals surface area contributed by atoms with Gasteiger partial charge in [-0.25, -0.2) is 0 Å². The van der Waals surface area contributed by atoms with Crippen molar-refractivity contribution < 1.29 is 4.74 Å². The number of benzene rings is 2. The van der Waals surface area contributed by atoms with E-state index >= 15 is 0 Å². The Kier molecular flexibility index (Phi) is 6.50. The second-order valence-corrected chi connectivity index (χ2v) is 8.37. The molecule has 0 amide bonds. The molecular weight excluding hydrogens is 358 g/mol. The van der Waals surface area contributed by atoms with Crippen LogP contribution in [0.15, 0.2) is 59.6 Å². The first-order valence-corrected chi connectivity index (χ1v) is 10.9. The van der Waals surface area contributed by atoms with Crippen molar-refractivity contribution >= 4 is 5.96 Å². The van der Waals surface area contributed by atoms with Crippen molar-refractivity contribution in [1.82, 2.24) is 10.2 Å². The molecule has 2 aliphatic rings. The maximum atomic E-state index is 6.19. The van der Waals surface area contributed by atoms with Crippen LogP contribution in [-0.2, 0) is 4.74 Å². The van der Waals surface area contributed by atoms with Crippen LogP contribution in [0.1, 0.15) is 48.0 Å². The molecule has 4 rings (SSSR count). The van der Waals surface area contributed by atoms with Crippen LogP contribution in [0, 0.1) is 12.8 Å². The van der Waals surface area contributed by atoms with Gasteiger partial charge in [0, 0.05) is 45.1 Å². The zero-order valence-electron chi connectivity index (χ0n) is 17.7. The molecule has 0 radical (unpaired) electrons. The first-order valence-electron chi connectivity index (χ1n) is 10.9. The summed E-state index contributed by atoms with van der Waals surface area (Å²) in [6.45, 7) is 5.98. The summed E-state index contributed by atoms with van der Waals surface area (Å²) < 4.78 is 6.19. The Morgan fingerprint density at radius 3 is 2.62 bits per heavy atom. The Balaban J connectivity index is 1.37. The van der Waals surface area contributed by atoms with Gasteiger partial charge < -0.3 is 15.0 Å². The summed E-state index contributed by atoms with van der Waals surface area (Å²) >= 11 is 0. The largest absolute Gasteiger partial charge is 0.373 e. The van der Waals surface area contributed by atoms with Crippen LogP contribution in [0.25, 0.3) is 0 Å². The lowest BCUT2D eigenvalue weighted by molar-refractivity contribution is -0.0266. The van der Waals surface area contributed by atoms with Gasteiger partial charge in [0.25, 0.3) is 0 Å². The molecule has 3 unspecified atom stereocenters. The minimum Gasteiger partial charge on any atom is -0.373 e. The van der Waals surface area contributed by atoms with Gasteiger partial charge in [-0.2, -0.15) is 0 Å². The van der Waals surface area contributed by atoms with Crippen LogP contribution in [0.4, 0.5) is 0 Å². The fourth-order valence-electron chi connectivity index (χ4n) is 4.68. The second kappa shape index (κ2) is 9.45. The summed E-state index contributed by atoms with van der Waals surface area (Å²) in [4.78, 5) is 6.99. The lowest BCUT2D eigenvalue weighted by Gasteiger charge is -2.33. The molecule has 2 heterocycles. The molecule has 0 saturated carbocycles. The zero-order valence-corrected chi connectivity index (χ0v) is 17.7. The van der Waals surface area contributed by atoms with E-state index in [0.29, 0.717) is 11.8 Å². The summed E-state index contributed by atoms with van der Waals surface area (Å²) in [5.41, 5.74) is 4.02. The molecular formula is C25H33N3O. The monoisotopic (exact) mass is 391 g/mol. The Hall–Kier alpha value is -2.33. The van der Waals surface area contributed by atoms with E-state index in [-0.39, 0.29) is 6.10 Å². The number of likely N-dealkylation sites (tertiary alicyclic amines) is 1. The highest BCUT2D eigenvalue weighted by Gasteiger charge is 2.30. The number of rotatable bonds is 4. The average Bonchev–Trinajstić information content (AvgIpc) is 3.26. The predicted molar refractivity (Wildman–Crippen MR) is 119 cm³/mol. The summed E-state index contributed by atoms with van der Waals surface area (Å²) in [7, 11) is 1.90. The number of hydrogen-bond donors (Lipinski definition) is 1. The van der Waals surface area contributed by atoms with Crippen LogP contribution in [0.5, 0.6) is 0 Å². The highest BCUT2D eigenvalue weighted by atomic mass is 16.5. The summed E-state index contributed by atoms with van der Waals surface area (Å²) in [6.07, 6.45) is 3.68. The molecule has 2 fully saturated rings. The number of ether oxygens (including phenoxy) is 1. The van der Waals surface area contributed by atoms with Crippen molar-refractivity contribution in [3.05, 3.63) is 71.3 Å². The highest BCUT2D eigenvalue weighted by Crippen LogP contribution is 2.33. The van der Waals surface area contributed by atoms with E-state index in [1.54, 1.807) is 0 Å². The molecule has 0 aliphatic carbocycles. The molecule has 2 aromatic carbocycles. The molecule has 0 bridgehead atoms. The normalized spacial score (nSPS) is 25.2. The van der Waals surface area contributed by atoms with Gasteiger partial charge in [-0.1, -0.05) is 60.2 Å². The fraction of sp³-hybridized carbons (Fsp3) is 0.480. The average molecular weight is 392 g/mol. The maximum Gasteiger partial charge on any atom is 0.193 e. The van der Waals surface area contributed by atoms with E-state index in [0.717, 1.165) is 38.6 Å². The van der Waals surface area contributed by atoms with E-state index in [2.05, 4.69) is 76.7 Å². The molecule has 0 aromatic heterocycles. The lowest BCUT2D eigenvalue weighted by atomic mass is 9.89. The zero-order chi connectivity index (χ0) is 20.1. The fourth-order valence-corrected chi connectivity index (χ4v) is 4.68. The first-order chi connectivity index (χ1) is 14.2. The third-order valence-electron chi connectivity index (χ3n) is 6.34. The van der Waals surface area contributed by atoms with Crippen molar-refractivity contribution in [2.75, 3.05) is 33.3 Å². The number of aryl methyl sites for hydroxylation is 1. The molecule has 4 heteroatoms. The minimum atomic E-state index is 0.172. The van der Waals surface area contributed by atoms with Crippen molar-refractivity contribution in [1.29, 1.82) is 0 Å². The van der Waals surface area contributed by atoms with Gasteiger partial charge in [-0.15, -0.1) is 0 Å². The number of nitrogens with one attached hydrogen (secondary N) is 1. The molecule has 4 nitrogen and oxygen atoms in total. The van der Waals surface area contributed by atoms with Crippen LogP contribution in [0.2, 0.25) is 0 Å². The van der Waals surface area contributed by atoms with Gasteiger partial charge >= 0.3 is 0 Å². The second-order valence-electron chi connectivity index (χ2n) is 8.37. The molecule has 0 spiro atoms. The quantitative estimate of drug-likeness (QED) is 0.615. The maximum absolute atomic E-state index is 6.19. The summed E-state index contributed by atoms with van der Waals surface area (Å²) in [6, 6.07) is 19.7. The standard InChI is InChI=1S/C25H33N3O/c1-19-10-12-21(13-11-19)24-22(9-6-16-29-24)17-27-25(26-2)28-15-14-23(18-28)20-7-4-3-5-8-20/h3-5,7-8,10-13,22-24H,6,9,14-18H2,1-2H3,(H,26,27). The van der Waals surface area contributed by atoms with Gasteiger partial charge in [0.05, 0.1) is 6.10 Å². The van der Waals surface area contributed by atoms with E-state index < -0.39 is 0 Å². The Bertz CT molecular complexity index is 803. The van der Waals surface area contributed by atoms with Gasteiger partial charge in [-0.05, 0) is 37.3 Å². The van der Waals surface area contributed by atoms with Crippen molar-refractivity contribution in [3.63, 3.8) is 0 Å². The Morgan fingerprint density at radius 1 is 1.07 bits per heavy atom. The predicted octanol–water partition coefficient (Wildman–Crippen LogP) is 4.53. The number of hydrogen-bond acceptors (Lipinski definition) is 2. The van der Waals surface area contributed by atoms with Gasteiger partial charge in [0.2, 0.25) is 0 Å². The molecule has 3 atom stereocenters. The molecule has 29 heavy (non-hydrogen) atoms. The van der Waals surface area contributed by atoms with Gasteiger partial charge in [-0.3, -0.25) is 4.99 Å². The summed E-state index contributed by atoms with van der Waals surface area (Å²) in [5.74, 6) is 2.08. The summed E-state index contributed by atoms with van der Waals surface area (Å²) in [5, 5.41) is 3.66. The van der Waals surface area contributed by atoms with Gasteiger partial charge in [0.1, 0.15) is 0 Å². The van der Waals surface area contributed by atoms with Crippen molar-refractivity contribution in [3.8, 4) is 0 Å². The molecule has 154 valence electrons. The minimum absolute atomic E-state index is 0.172. The number of guanidine groups is 1. The van der Waals surface area contributed by atoms with Crippen LogP contribution >= 0.6 is 0 Å².